The van der Waals surface area contributed by atoms with Crippen LogP contribution in [0.15, 0.2) is 28.6 Å². The maximum atomic E-state index is 11.2. The van der Waals surface area contributed by atoms with Crippen LogP contribution < -0.4 is 0 Å². The molecular weight excluding hydrogens is 420 g/mol. The van der Waals surface area contributed by atoms with Crippen LogP contribution in [0, 0.1) is 23.9 Å². The number of hydrogen-bond donors (Lipinski definition) is 1. The van der Waals surface area contributed by atoms with Crippen molar-refractivity contribution in [2.24, 2.45) is 23.9 Å². The standard InChI is InChI=1S/C25H34N4O4/c1-4-5-9-24(26-14-12-18(2)19-10-11-19)33-17-23-22(27-28-29(23)3)13-15-32-21-8-6-7-20(16-21)25(30)31/h9,12,14,19-21H,4-8,10-11,16-17H2,1-3H3,(H,30,31)/b18-12+,24-9+,26-14-/t20-,21-/m0/s1. The van der Waals surface area contributed by atoms with Crippen molar-refractivity contribution in [1.82, 2.24) is 15.0 Å². The number of aliphatic imine (C=N–C) groups is 1. The van der Waals surface area contributed by atoms with Gasteiger partial charge in [-0.3, -0.25) is 4.79 Å². The number of hydrogen-bond acceptors (Lipinski definition) is 6. The lowest BCUT2D eigenvalue weighted by Gasteiger charge is -2.24. The van der Waals surface area contributed by atoms with Crippen LogP contribution in [0.5, 0.6) is 0 Å². The molecule has 2 saturated carbocycles. The summed E-state index contributed by atoms with van der Waals surface area (Å²) in [5.41, 5.74) is 2.56. The van der Waals surface area contributed by atoms with E-state index in [2.05, 4.69) is 47.3 Å². The number of carboxylic acids is 1. The lowest BCUT2D eigenvalue weighted by Crippen LogP contribution is -2.26. The van der Waals surface area contributed by atoms with Crippen molar-refractivity contribution in [2.75, 3.05) is 0 Å². The van der Waals surface area contributed by atoms with Gasteiger partial charge in [-0.1, -0.05) is 24.1 Å². The van der Waals surface area contributed by atoms with Crippen molar-refractivity contribution in [1.29, 1.82) is 0 Å². The summed E-state index contributed by atoms with van der Waals surface area (Å²) < 4.78 is 13.2. The highest BCUT2D eigenvalue weighted by Gasteiger charge is 2.27. The van der Waals surface area contributed by atoms with Crippen molar-refractivity contribution >= 4 is 12.2 Å². The van der Waals surface area contributed by atoms with Crippen LogP contribution in [0.25, 0.3) is 0 Å². The largest absolute Gasteiger partial charge is 0.481 e. The van der Waals surface area contributed by atoms with Crippen LogP contribution in [0.2, 0.25) is 0 Å². The summed E-state index contributed by atoms with van der Waals surface area (Å²) in [4.78, 5) is 15.7. The molecule has 0 radical (unpaired) electrons. The fraction of sp³-hybridized carbons (Fsp3) is 0.600. The van der Waals surface area contributed by atoms with Crippen molar-refractivity contribution in [3.05, 3.63) is 35.0 Å². The van der Waals surface area contributed by atoms with E-state index in [1.165, 1.54) is 18.4 Å². The van der Waals surface area contributed by atoms with Crippen LogP contribution in [-0.4, -0.2) is 38.4 Å². The number of aliphatic carboxylic acids is 1. The summed E-state index contributed by atoms with van der Waals surface area (Å²) in [6.07, 6.45) is 15.6. The molecule has 2 aliphatic carbocycles. The van der Waals surface area contributed by atoms with Crippen LogP contribution in [0.1, 0.15) is 76.6 Å². The first-order chi connectivity index (χ1) is 16.0. The first kappa shape index (κ1) is 24.6. The van der Waals surface area contributed by atoms with Gasteiger partial charge in [-0.15, -0.1) is 5.10 Å². The van der Waals surface area contributed by atoms with E-state index in [-0.39, 0.29) is 18.6 Å². The molecular formula is C25H34N4O4. The first-order valence-corrected chi connectivity index (χ1v) is 11.8. The van der Waals surface area contributed by atoms with Crippen LogP contribution in [0.4, 0.5) is 0 Å². The zero-order valence-corrected chi connectivity index (χ0v) is 19.8. The Balaban J connectivity index is 1.60. The second kappa shape index (κ2) is 12.2. The lowest BCUT2D eigenvalue weighted by atomic mass is 9.87. The Kier molecular flexibility index (Phi) is 9.11. The number of allylic oxidation sites excluding steroid dienone is 3. The highest BCUT2D eigenvalue weighted by atomic mass is 16.5. The molecule has 0 amide bonds. The second-order valence-electron chi connectivity index (χ2n) is 8.76. The fourth-order valence-electron chi connectivity index (χ4n) is 3.74. The zero-order chi connectivity index (χ0) is 23.6. The molecule has 2 aliphatic rings. The molecule has 178 valence electrons. The minimum atomic E-state index is -0.766. The average molecular weight is 455 g/mol. The second-order valence-corrected chi connectivity index (χ2v) is 8.76. The van der Waals surface area contributed by atoms with Crippen molar-refractivity contribution < 1.29 is 19.4 Å². The van der Waals surface area contributed by atoms with Gasteiger partial charge >= 0.3 is 5.97 Å². The van der Waals surface area contributed by atoms with Gasteiger partial charge in [-0.2, -0.15) is 0 Å². The third-order valence-corrected chi connectivity index (χ3v) is 6.04. The monoisotopic (exact) mass is 454 g/mol. The fourth-order valence-corrected chi connectivity index (χ4v) is 3.74. The van der Waals surface area contributed by atoms with Gasteiger partial charge in [0.1, 0.15) is 24.5 Å². The smallest absolute Gasteiger partial charge is 0.306 e. The Bertz CT molecular complexity index is 963. The number of carboxylic acid groups (broad SMARTS) is 1. The van der Waals surface area contributed by atoms with Crippen molar-refractivity contribution in [3.63, 3.8) is 0 Å². The molecule has 0 bridgehead atoms. The van der Waals surface area contributed by atoms with Gasteiger partial charge in [0.25, 0.3) is 0 Å². The van der Waals surface area contributed by atoms with Crippen LogP contribution in [-0.2, 0) is 27.9 Å². The highest BCUT2D eigenvalue weighted by Crippen LogP contribution is 2.35. The van der Waals surface area contributed by atoms with E-state index in [1.54, 1.807) is 17.9 Å². The minimum absolute atomic E-state index is 0.172. The molecule has 1 heterocycles. The number of unbranched alkanes of at least 4 members (excludes halogenated alkanes) is 1. The Morgan fingerprint density at radius 1 is 1.30 bits per heavy atom. The zero-order valence-electron chi connectivity index (χ0n) is 19.8. The SMILES string of the molecule is CCC\C=C(/N=C\C=C(/C)C1CC1)OCc1c(C#CO[C@H]2CCC[C@H](C(=O)O)C2)nnn1C. The summed E-state index contributed by atoms with van der Waals surface area (Å²) in [6, 6.07) is 0. The third kappa shape index (κ3) is 7.77. The summed E-state index contributed by atoms with van der Waals surface area (Å²) in [5, 5.41) is 17.4. The van der Waals surface area contributed by atoms with Gasteiger partial charge in [0.05, 0.1) is 5.92 Å². The molecule has 2 atom stereocenters. The maximum Gasteiger partial charge on any atom is 0.306 e. The molecule has 0 aliphatic heterocycles. The van der Waals surface area contributed by atoms with Gasteiger partial charge in [0, 0.05) is 19.2 Å². The van der Waals surface area contributed by atoms with E-state index in [1.807, 2.05) is 6.08 Å². The molecule has 0 aromatic carbocycles. The van der Waals surface area contributed by atoms with Gasteiger partial charge in [-0.05, 0) is 69.9 Å². The summed E-state index contributed by atoms with van der Waals surface area (Å²) in [5.74, 6) is 3.06. The molecule has 33 heavy (non-hydrogen) atoms. The predicted molar refractivity (Wildman–Crippen MR) is 125 cm³/mol. The van der Waals surface area contributed by atoms with E-state index >= 15 is 0 Å². The number of carbonyl (C=O) groups is 1. The minimum Gasteiger partial charge on any atom is -0.481 e. The van der Waals surface area contributed by atoms with E-state index < -0.39 is 5.97 Å². The topological polar surface area (TPSA) is 98.8 Å². The molecule has 3 rings (SSSR count). The Morgan fingerprint density at radius 2 is 2.12 bits per heavy atom. The van der Waals surface area contributed by atoms with Crippen molar-refractivity contribution in [2.45, 2.75) is 77.9 Å². The molecule has 0 unspecified atom stereocenters. The Hall–Kier alpha value is -3.08. The predicted octanol–water partition coefficient (Wildman–Crippen LogP) is 4.37. The number of nitrogens with zero attached hydrogens (tertiary/aromatic N) is 4. The molecule has 2 fully saturated rings. The number of rotatable bonds is 10. The average Bonchev–Trinajstić information content (AvgIpc) is 3.60. The normalized spacial score (nSPS) is 21.5. The molecule has 1 N–H and O–H groups in total. The molecule has 1 aromatic heterocycles. The lowest BCUT2D eigenvalue weighted by molar-refractivity contribution is -0.144. The molecule has 8 nitrogen and oxygen atoms in total. The molecule has 0 spiro atoms. The highest BCUT2D eigenvalue weighted by molar-refractivity contribution is 5.73. The number of aryl methyl sites for hydroxylation is 1. The van der Waals surface area contributed by atoms with E-state index in [9.17, 15) is 9.90 Å². The summed E-state index contributed by atoms with van der Waals surface area (Å²) in [6.45, 7) is 4.48. The summed E-state index contributed by atoms with van der Waals surface area (Å²) in [7, 11) is 1.79. The van der Waals surface area contributed by atoms with Crippen LogP contribution >= 0.6 is 0 Å². The van der Waals surface area contributed by atoms with Gasteiger partial charge in [0.15, 0.2) is 5.69 Å². The van der Waals surface area contributed by atoms with Crippen molar-refractivity contribution in [3.8, 4) is 12.0 Å². The molecule has 1 aromatic rings. The Labute approximate surface area is 195 Å². The maximum absolute atomic E-state index is 11.2. The molecule has 0 saturated heterocycles. The van der Waals surface area contributed by atoms with Crippen LogP contribution in [0.3, 0.4) is 0 Å². The van der Waals surface area contributed by atoms with Gasteiger partial charge in [0.2, 0.25) is 5.88 Å². The van der Waals surface area contributed by atoms with Gasteiger partial charge < -0.3 is 14.6 Å². The number of aromatic nitrogens is 3. The first-order valence-electron chi connectivity index (χ1n) is 11.8. The molecule has 8 heteroatoms. The summed E-state index contributed by atoms with van der Waals surface area (Å²) >= 11 is 0. The Morgan fingerprint density at radius 3 is 2.85 bits per heavy atom. The van der Waals surface area contributed by atoms with E-state index in [0.29, 0.717) is 30.3 Å². The quantitative estimate of drug-likeness (QED) is 0.320. The number of ether oxygens (including phenoxy) is 2. The van der Waals surface area contributed by atoms with Gasteiger partial charge in [-0.25, -0.2) is 9.67 Å². The van der Waals surface area contributed by atoms with E-state index in [0.717, 1.165) is 31.4 Å². The van der Waals surface area contributed by atoms with E-state index in [4.69, 9.17) is 9.47 Å². The third-order valence-electron chi connectivity index (χ3n) is 6.04.